The van der Waals surface area contributed by atoms with E-state index >= 15 is 0 Å². The first-order valence-corrected chi connectivity index (χ1v) is 7.64. The maximum absolute atomic E-state index is 11.6. The number of carbonyl (C=O) groups is 1. The maximum atomic E-state index is 11.6. The van der Waals surface area contributed by atoms with Crippen LogP contribution in [-0.4, -0.2) is 37.1 Å². The number of benzene rings is 1. The Morgan fingerprint density at radius 3 is 3.08 bits per heavy atom. The molecule has 3 heterocycles. The van der Waals surface area contributed by atoms with Gasteiger partial charge in [-0.15, -0.1) is 0 Å². The molecule has 122 valence electrons. The number of rotatable bonds is 2. The van der Waals surface area contributed by atoms with Gasteiger partial charge in [-0.25, -0.2) is 19.4 Å². The Balaban J connectivity index is 1.87. The van der Waals surface area contributed by atoms with E-state index in [-0.39, 0.29) is 12.5 Å². The van der Waals surface area contributed by atoms with Crippen molar-refractivity contribution in [1.29, 1.82) is 0 Å². The first-order chi connectivity index (χ1) is 11.7. The van der Waals surface area contributed by atoms with Crippen molar-refractivity contribution in [2.24, 2.45) is 0 Å². The van der Waals surface area contributed by atoms with Crippen molar-refractivity contribution in [3.63, 3.8) is 0 Å². The molecular formula is C15H12ClN5O3. The summed E-state index contributed by atoms with van der Waals surface area (Å²) in [6.45, 7) is 2.27. The Hall–Kier alpha value is -2.87. The van der Waals surface area contributed by atoms with Crippen molar-refractivity contribution in [1.82, 2.24) is 24.3 Å². The highest BCUT2D eigenvalue weighted by Gasteiger charge is 2.25. The topological polar surface area (TPSA) is 84.1 Å². The summed E-state index contributed by atoms with van der Waals surface area (Å²) in [6.07, 6.45) is 2.26. The molecule has 0 saturated carbocycles. The predicted octanol–water partition coefficient (Wildman–Crippen LogP) is 2.68. The third-order valence-electron chi connectivity index (χ3n) is 3.64. The summed E-state index contributed by atoms with van der Waals surface area (Å²) < 4.78 is 13.5. The largest absolute Gasteiger partial charge is 0.515 e. The lowest BCUT2D eigenvalue weighted by molar-refractivity contribution is 0.102. The second-order valence-electron chi connectivity index (χ2n) is 5.05. The van der Waals surface area contributed by atoms with Gasteiger partial charge in [-0.1, -0.05) is 11.6 Å². The highest BCUT2D eigenvalue weighted by molar-refractivity contribution is 6.31. The number of nitrogens with zero attached hydrogens (tertiary/aromatic N) is 5. The molecule has 1 aromatic carbocycles. The summed E-state index contributed by atoms with van der Waals surface area (Å²) in [4.78, 5) is 20.1. The minimum Gasteiger partial charge on any atom is -0.434 e. The number of hydrogen-bond donors (Lipinski definition) is 0. The molecule has 0 amide bonds. The summed E-state index contributed by atoms with van der Waals surface area (Å²) in [5.41, 5.74) is 2.31. The first-order valence-electron chi connectivity index (χ1n) is 7.26. The van der Waals surface area contributed by atoms with Crippen molar-refractivity contribution < 1.29 is 14.3 Å². The number of hydrogen-bond acceptors (Lipinski definition) is 6. The van der Waals surface area contributed by atoms with Crippen LogP contribution in [0, 0.1) is 0 Å². The Kier molecular flexibility index (Phi) is 3.46. The maximum Gasteiger partial charge on any atom is 0.515 e. The van der Waals surface area contributed by atoms with Crippen molar-refractivity contribution in [3.8, 4) is 23.0 Å². The zero-order chi connectivity index (χ0) is 16.7. The Morgan fingerprint density at radius 2 is 2.25 bits per heavy atom. The molecule has 8 nitrogen and oxygen atoms in total. The van der Waals surface area contributed by atoms with Gasteiger partial charge in [-0.05, 0) is 25.1 Å². The summed E-state index contributed by atoms with van der Waals surface area (Å²) in [7, 11) is 0. The van der Waals surface area contributed by atoms with E-state index in [1.54, 1.807) is 24.0 Å². The van der Waals surface area contributed by atoms with Gasteiger partial charge in [0, 0.05) is 10.6 Å². The number of carbonyl (C=O) groups excluding carboxylic acids is 1. The lowest BCUT2D eigenvalue weighted by atomic mass is 10.1. The van der Waals surface area contributed by atoms with Gasteiger partial charge < -0.3 is 9.47 Å². The van der Waals surface area contributed by atoms with E-state index in [4.69, 9.17) is 21.1 Å². The minimum absolute atomic E-state index is 0.178. The zero-order valence-electron chi connectivity index (χ0n) is 12.6. The summed E-state index contributed by atoms with van der Waals surface area (Å²) in [6, 6.07) is 5.46. The normalized spacial score (nSPS) is 11.9. The van der Waals surface area contributed by atoms with E-state index in [2.05, 4.69) is 15.1 Å². The van der Waals surface area contributed by atoms with Gasteiger partial charge in [0.25, 0.3) is 0 Å². The molecular weight excluding hydrogens is 334 g/mol. The fraction of sp³-hybridized carbons (Fsp3) is 0.200. The lowest BCUT2D eigenvalue weighted by Gasteiger charge is -2.08. The van der Waals surface area contributed by atoms with Crippen molar-refractivity contribution in [2.45, 2.75) is 13.5 Å². The molecule has 0 N–H and O–H groups in total. The van der Waals surface area contributed by atoms with E-state index in [1.807, 2.05) is 16.7 Å². The molecule has 0 radical (unpaired) electrons. The molecule has 24 heavy (non-hydrogen) atoms. The van der Waals surface area contributed by atoms with Crippen molar-refractivity contribution in [3.05, 3.63) is 41.6 Å². The second-order valence-corrected chi connectivity index (χ2v) is 5.49. The van der Waals surface area contributed by atoms with Crippen LogP contribution in [0.4, 0.5) is 4.79 Å². The molecule has 1 aliphatic heterocycles. The van der Waals surface area contributed by atoms with Crippen LogP contribution in [0.1, 0.15) is 12.6 Å². The van der Waals surface area contributed by atoms with Gasteiger partial charge in [-0.3, -0.25) is 4.57 Å². The monoisotopic (exact) mass is 345 g/mol. The molecule has 2 aromatic heterocycles. The van der Waals surface area contributed by atoms with Crippen LogP contribution in [0.25, 0.3) is 17.1 Å². The highest BCUT2D eigenvalue weighted by Crippen LogP contribution is 2.34. The molecule has 4 rings (SSSR count). The summed E-state index contributed by atoms with van der Waals surface area (Å²) in [5.74, 6) is 0.857. The molecule has 3 aromatic rings. The quantitative estimate of drug-likeness (QED) is 0.519. The molecule has 0 aliphatic carbocycles. The Bertz CT molecular complexity index is 933. The summed E-state index contributed by atoms with van der Waals surface area (Å²) in [5, 5.41) is 4.82. The van der Waals surface area contributed by atoms with Crippen LogP contribution in [0.3, 0.4) is 0 Å². The van der Waals surface area contributed by atoms with Crippen LogP contribution >= 0.6 is 11.6 Å². The SMILES string of the molecule is CCOC(=O)Oc1ncn2c1Cn1ncnc1-c1cc(Cl)ccc1-2. The average molecular weight is 346 g/mol. The molecule has 0 bridgehead atoms. The van der Waals surface area contributed by atoms with Crippen molar-refractivity contribution in [2.75, 3.05) is 6.61 Å². The number of aromatic nitrogens is 5. The number of halogens is 1. The molecule has 0 unspecified atom stereocenters. The van der Waals surface area contributed by atoms with Crippen molar-refractivity contribution >= 4 is 17.8 Å². The van der Waals surface area contributed by atoms with Gasteiger partial charge in [0.2, 0.25) is 5.88 Å². The van der Waals surface area contributed by atoms with E-state index in [0.29, 0.717) is 23.1 Å². The fourth-order valence-corrected chi connectivity index (χ4v) is 2.82. The number of ether oxygens (including phenoxy) is 2. The van der Waals surface area contributed by atoms with Crippen LogP contribution in [0.2, 0.25) is 5.02 Å². The smallest absolute Gasteiger partial charge is 0.434 e. The molecule has 9 heteroatoms. The van der Waals surface area contributed by atoms with Gasteiger partial charge in [0.1, 0.15) is 18.3 Å². The third-order valence-corrected chi connectivity index (χ3v) is 3.88. The average Bonchev–Trinajstić information content (AvgIpc) is 3.14. The van der Waals surface area contributed by atoms with Crippen LogP contribution in [-0.2, 0) is 11.3 Å². The van der Waals surface area contributed by atoms with Gasteiger partial charge in [-0.2, -0.15) is 5.10 Å². The van der Waals surface area contributed by atoms with E-state index in [0.717, 1.165) is 11.3 Å². The standard InChI is InChI=1S/C15H12ClN5O3/c1-2-23-15(22)24-14-12-6-21-13(17-7-19-21)10-5-9(16)3-4-11(10)20(12)8-18-14/h3-5,7-8H,2,6H2,1H3. The van der Waals surface area contributed by atoms with Crippen LogP contribution in [0.15, 0.2) is 30.9 Å². The molecule has 0 spiro atoms. The highest BCUT2D eigenvalue weighted by atomic mass is 35.5. The lowest BCUT2D eigenvalue weighted by Crippen LogP contribution is -2.13. The molecule has 1 aliphatic rings. The fourth-order valence-electron chi connectivity index (χ4n) is 2.65. The predicted molar refractivity (Wildman–Crippen MR) is 84.3 cm³/mol. The third kappa shape index (κ3) is 2.31. The zero-order valence-corrected chi connectivity index (χ0v) is 13.4. The Labute approximate surface area is 141 Å². The number of fused-ring (bicyclic) bond motifs is 5. The minimum atomic E-state index is -0.793. The summed E-state index contributed by atoms with van der Waals surface area (Å²) >= 11 is 6.13. The van der Waals surface area contributed by atoms with E-state index < -0.39 is 6.16 Å². The van der Waals surface area contributed by atoms with Gasteiger partial charge in [0.05, 0.1) is 18.8 Å². The van der Waals surface area contributed by atoms with Gasteiger partial charge >= 0.3 is 6.16 Å². The van der Waals surface area contributed by atoms with E-state index in [1.165, 1.54) is 6.33 Å². The molecule has 0 fully saturated rings. The molecule has 0 saturated heterocycles. The molecule has 0 atom stereocenters. The number of imidazole rings is 1. The second kappa shape index (κ2) is 5.64. The van der Waals surface area contributed by atoms with Crippen LogP contribution in [0.5, 0.6) is 5.88 Å². The van der Waals surface area contributed by atoms with Gasteiger partial charge in [0.15, 0.2) is 5.82 Å². The van der Waals surface area contributed by atoms with E-state index in [9.17, 15) is 4.79 Å². The first kappa shape index (κ1) is 14.7. The Morgan fingerprint density at radius 1 is 1.38 bits per heavy atom. The van der Waals surface area contributed by atoms with Crippen LogP contribution < -0.4 is 4.74 Å².